The van der Waals surface area contributed by atoms with Crippen molar-refractivity contribution in [1.82, 2.24) is 4.98 Å². The third-order valence-corrected chi connectivity index (χ3v) is 3.25. The third kappa shape index (κ3) is 1.90. The summed E-state index contributed by atoms with van der Waals surface area (Å²) in [6.07, 6.45) is 5.00. The first-order valence-corrected chi connectivity index (χ1v) is 5.86. The lowest BCUT2D eigenvalue weighted by Crippen LogP contribution is -1.94. The second kappa shape index (κ2) is 3.98. The van der Waals surface area contributed by atoms with Gasteiger partial charge in [0.25, 0.3) is 0 Å². The van der Waals surface area contributed by atoms with Crippen molar-refractivity contribution in [2.75, 3.05) is 0 Å². The van der Waals surface area contributed by atoms with Gasteiger partial charge in [-0.25, -0.2) is 9.18 Å². The Morgan fingerprint density at radius 3 is 2.89 bits per heavy atom. The maximum absolute atomic E-state index is 13.3. The summed E-state index contributed by atoms with van der Waals surface area (Å²) in [5.41, 5.74) is 2.41. The topological polar surface area (TPSA) is 53.1 Å². The van der Waals surface area contributed by atoms with Gasteiger partial charge in [0.2, 0.25) is 0 Å². The van der Waals surface area contributed by atoms with Gasteiger partial charge < -0.3 is 10.1 Å². The molecule has 1 fully saturated rings. The summed E-state index contributed by atoms with van der Waals surface area (Å²) >= 11 is 0. The molecule has 18 heavy (non-hydrogen) atoms. The summed E-state index contributed by atoms with van der Waals surface area (Å²) in [6, 6.07) is 4.50. The Morgan fingerprint density at radius 1 is 1.44 bits per heavy atom. The van der Waals surface area contributed by atoms with Crippen molar-refractivity contribution in [3.63, 3.8) is 0 Å². The Bertz CT molecular complexity index is 653. The largest absolute Gasteiger partial charge is 0.478 e. The van der Waals surface area contributed by atoms with Crippen molar-refractivity contribution in [2.45, 2.75) is 12.8 Å². The summed E-state index contributed by atoms with van der Waals surface area (Å²) in [5, 5.41) is 9.67. The zero-order valence-electron chi connectivity index (χ0n) is 9.61. The van der Waals surface area contributed by atoms with Gasteiger partial charge in [-0.3, -0.25) is 0 Å². The van der Waals surface area contributed by atoms with Crippen molar-refractivity contribution in [3.8, 4) is 0 Å². The quantitative estimate of drug-likeness (QED) is 0.816. The summed E-state index contributed by atoms with van der Waals surface area (Å²) in [4.78, 5) is 13.9. The van der Waals surface area contributed by atoms with E-state index in [1.165, 1.54) is 18.2 Å². The molecule has 0 spiro atoms. The van der Waals surface area contributed by atoms with Crippen LogP contribution in [0.4, 0.5) is 4.39 Å². The highest BCUT2D eigenvalue weighted by molar-refractivity contribution is 5.99. The lowest BCUT2D eigenvalue weighted by molar-refractivity contribution is -0.131. The van der Waals surface area contributed by atoms with Crippen molar-refractivity contribution in [3.05, 3.63) is 41.9 Å². The number of benzene rings is 1. The number of halogens is 1. The highest BCUT2D eigenvalue weighted by Gasteiger charge is 2.29. The van der Waals surface area contributed by atoms with Crippen LogP contribution >= 0.6 is 0 Å². The Kier molecular flexibility index (Phi) is 2.44. The number of fused-ring (bicyclic) bond motifs is 1. The van der Waals surface area contributed by atoms with Gasteiger partial charge in [-0.2, -0.15) is 0 Å². The molecular formula is C14H12FNO2. The second-order valence-electron chi connectivity index (χ2n) is 4.60. The number of hydrogen-bond donors (Lipinski definition) is 2. The van der Waals surface area contributed by atoms with Crippen molar-refractivity contribution < 1.29 is 14.3 Å². The molecule has 0 atom stereocenters. The maximum Gasteiger partial charge on any atom is 0.328 e. The number of carbonyl (C=O) groups is 1. The molecule has 92 valence electrons. The molecule has 0 aliphatic heterocycles. The van der Waals surface area contributed by atoms with E-state index in [9.17, 15) is 9.18 Å². The van der Waals surface area contributed by atoms with Gasteiger partial charge in [0.1, 0.15) is 5.82 Å². The van der Waals surface area contributed by atoms with Gasteiger partial charge in [0.15, 0.2) is 0 Å². The predicted octanol–water partition coefficient (Wildman–Crippen LogP) is 3.19. The first-order chi connectivity index (χ1) is 8.65. The van der Waals surface area contributed by atoms with Gasteiger partial charge in [0.05, 0.1) is 0 Å². The van der Waals surface area contributed by atoms with Crippen LogP contribution < -0.4 is 0 Å². The van der Waals surface area contributed by atoms with E-state index in [0.29, 0.717) is 5.92 Å². The van der Waals surface area contributed by atoms with Crippen molar-refractivity contribution in [1.29, 1.82) is 0 Å². The van der Waals surface area contributed by atoms with Crippen LogP contribution in [0.5, 0.6) is 0 Å². The number of carboxylic acid groups (broad SMARTS) is 1. The van der Waals surface area contributed by atoms with Crippen LogP contribution in [0.15, 0.2) is 30.5 Å². The number of aromatic amines is 1. The zero-order valence-corrected chi connectivity index (χ0v) is 9.61. The molecule has 4 heteroatoms. The van der Waals surface area contributed by atoms with Crippen molar-refractivity contribution in [2.24, 2.45) is 5.92 Å². The fraction of sp³-hybridized carbons (Fsp3) is 0.214. The number of allylic oxidation sites excluding steroid dienone is 1. The molecule has 3 nitrogen and oxygen atoms in total. The molecular weight excluding hydrogens is 233 g/mol. The number of aromatic nitrogens is 1. The van der Waals surface area contributed by atoms with Crippen LogP contribution in [0, 0.1) is 11.7 Å². The van der Waals surface area contributed by atoms with E-state index < -0.39 is 5.97 Å². The lowest BCUT2D eigenvalue weighted by Gasteiger charge is -2.03. The number of hydrogen-bond acceptors (Lipinski definition) is 1. The molecule has 2 N–H and O–H groups in total. The molecule has 1 aromatic heterocycles. The first-order valence-electron chi connectivity index (χ1n) is 5.86. The molecule has 3 rings (SSSR count). The van der Waals surface area contributed by atoms with E-state index in [-0.39, 0.29) is 5.82 Å². The van der Waals surface area contributed by atoms with Crippen LogP contribution in [0.25, 0.3) is 16.5 Å². The molecule has 1 heterocycles. The van der Waals surface area contributed by atoms with Gasteiger partial charge in [-0.1, -0.05) is 0 Å². The summed E-state index contributed by atoms with van der Waals surface area (Å²) in [7, 11) is 0. The maximum atomic E-state index is 13.3. The lowest BCUT2D eigenvalue weighted by atomic mass is 10.0. The first kappa shape index (κ1) is 11.0. The summed E-state index contributed by atoms with van der Waals surface area (Å²) in [6.45, 7) is 0. The van der Waals surface area contributed by atoms with E-state index in [1.54, 1.807) is 12.3 Å². The van der Waals surface area contributed by atoms with Crippen LogP contribution in [0.3, 0.4) is 0 Å². The fourth-order valence-electron chi connectivity index (χ4n) is 2.27. The predicted molar refractivity (Wildman–Crippen MR) is 66.6 cm³/mol. The van der Waals surface area contributed by atoms with Gasteiger partial charge in [-0.05, 0) is 42.5 Å². The Hall–Kier alpha value is -2.10. The molecule has 2 aromatic rings. The number of aliphatic carboxylic acids is 1. The molecule has 1 aromatic carbocycles. The summed E-state index contributed by atoms with van der Waals surface area (Å²) < 4.78 is 13.3. The minimum Gasteiger partial charge on any atom is -0.478 e. The highest BCUT2D eigenvalue weighted by Crippen LogP contribution is 2.43. The van der Waals surface area contributed by atoms with Gasteiger partial charge in [0, 0.05) is 28.7 Å². The highest BCUT2D eigenvalue weighted by atomic mass is 19.1. The minimum atomic E-state index is -0.956. The molecule has 0 amide bonds. The van der Waals surface area contributed by atoms with Gasteiger partial charge in [-0.15, -0.1) is 0 Å². The van der Waals surface area contributed by atoms with Crippen LogP contribution in [-0.4, -0.2) is 16.1 Å². The van der Waals surface area contributed by atoms with E-state index in [2.05, 4.69) is 4.98 Å². The third-order valence-electron chi connectivity index (χ3n) is 3.25. The van der Waals surface area contributed by atoms with E-state index >= 15 is 0 Å². The average Bonchev–Trinajstić information content (AvgIpc) is 3.07. The molecule has 1 aliphatic carbocycles. The number of H-pyrrole nitrogens is 1. The molecule has 1 saturated carbocycles. The number of carboxylic acids is 1. The van der Waals surface area contributed by atoms with E-state index in [1.807, 2.05) is 0 Å². The molecule has 0 unspecified atom stereocenters. The normalized spacial score (nSPS) is 16.2. The van der Waals surface area contributed by atoms with Crippen LogP contribution in [0.2, 0.25) is 0 Å². The fourth-order valence-corrected chi connectivity index (χ4v) is 2.27. The number of rotatable bonds is 3. The number of nitrogens with one attached hydrogen (secondary N) is 1. The Morgan fingerprint density at radius 2 is 2.22 bits per heavy atom. The van der Waals surface area contributed by atoms with Gasteiger partial charge >= 0.3 is 5.97 Å². The Balaban J connectivity index is 2.17. The SMILES string of the molecule is O=C(O)/C=C(/c1c[nH]c2ccc(F)cc12)C1CC1. The summed E-state index contributed by atoms with van der Waals surface area (Å²) in [5.74, 6) is -0.972. The van der Waals surface area contributed by atoms with Crippen molar-refractivity contribution >= 4 is 22.4 Å². The molecule has 0 radical (unpaired) electrons. The average molecular weight is 245 g/mol. The smallest absolute Gasteiger partial charge is 0.328 e. The Labute approximate surface area is 103 Å². The minimum absolute atomic E-state index is 0.295. The van der Waals surface area contributed by atoms with Crippen LogP contribution in [0.1, 0.15) is 18.4 Å². The molecule has 1 aliphatic rings. The van der Waals surface area contributed by atoms with Crippen LogP contribution in [-0.2, 0) is 4.79 Å². The zero-order chi connectivity index (χ0) is 12.7. The second-order valence-corrected chi connectivity index (χ2v) is 4.60. The monoisotopic (exact) mass is 245 g/mol. The van der Waals surface area contributed by atoms with E-state index in [0.717, 1.165) is 34.9 Å². The standard InChI is InChI=1S/C14H12FNO2/c15-9-3-4-13-11(5-9)12(7-16-13)10(6-14(17)18)8-1-2-8/h3-8,16H,1-2H2,(H,17,18)/b10-6+. The molecule has 0 saturated heterocycles. The molecule has 0 bridgehead atoms. The van der Waals surface area contributed by atoms with E-state index in [4.69, 9.17) is 5.11 Å².